The second-order valence-corrected chi connectivity index (χ2v) is 6.04. The predicted molar refractivity (Wildman–Crippen MR) is 108 cm³/mol. The Kier molecular flexibility index (Phi) is 7.37. The van der Waals surface area contributed by atoms with Gasteiger partial charge in [-0.1, -0.05) is 19.1 Å². The molecule has 7 nitrogen and oxygen atoms in total. The summed E-state index contributed by atoms with van der Waals surface area (Å²) in [6, 6.07) is 14.1. The van der Waals surface area contributed by atoms with Crippen molar-refractivity contribution in [3.05, 3.63) is 48.5 Å². The lowest BCUT2D eigenvalue weighted by atomic mass is 10.2. The molecule has 0 aliphatic carbocycles. The third kappa shape index (κ3) is 7.19. The molecule has 0 spiro atoms. The smallest absolute Gasteiger partial charge is 0.243 e. The van der Waals surface area contributed by atoms with Gasteiger partial charge in [-0.2, -0.15) is 0 Å². The molecular weight excluding hydrogens is 344 g/mol. The number of benzene rings is 2. The zero-order chi connectivity index (χ0) is 19.6. The van der Waals surface area contributed by atoms with Crippen LogP contribution in [0.15, 0.2) is 48.5 Å². The van der Waals surface area contributed by atoms with Crippen LogP contribution >= 0.6 is 0 Å². The lowest BCUT2D eigenvalue weighted by molar-refractivity contribution is -0.116. The zero-order valence-electron chi connectivity index (χ0n) is 15.5. The summed E-state index contributed by atoms with van der Waals surface area (Å²) in [5, 5.41) is 11.3. The molecule has 0 aromatic heterocycles. The SMILES string of the molecule is CCCC(=O)Nc1cccc(NCC(=O)Nc2cccc(NC(C)=O)c2)c1. The predicted octanol–water partition coefficient (Wildman–Crippen LogP) is 3.43. The highest BCUT2D eigenvalue weighted by molar-refractivity contribution is 5.95. The Morgan fingerprint density at radius 1 is 0.778 bits per heavy atom. The van der Waals surface area contributed by atoms with Gasteiger partial charge in [0.1, 0.15) is 0 Å². The van der Waals surface area contributed by atoms with Crippen LogP contribution in [-0.4, -0.2) is 24.3 Å². The van der Waals surface area contributed by atoms with E-state index in [1.165, 1.54) is 6.92 Å². The molecule has 7 heteroatoms. The van der Waals surface area contributed by atoms with Crippen molar-refractivity contribution in [1.29, 1.82) is 0 Å². The number of carbonyl (C=O) groups excluding carboxylic acids is 3. The zero-order valence-corrected chi connectivity index (χ0v) is 15.5. The molecular formula is C20H24N4O3. The Hall–Kier alpha value is -3.35. The van der Waals surface area contributed by atoms with E-state index in [0.29, 0.717) is 23.5 Å². The van der Waals surface area contributed by atoms with E-state index in [4.69, 9.17) is 0 Å². The van der Waals surface area contributed by atoms with E-state index >= 15 is 0 Å². The topological polar surface area (TPSA) is 99.3 Å². The fourth-order valence-corrected chi connectivity index (χ4v) is 2.42. The van der Waals surface area contributed by atoms with Gasteiger partial charge in [0.25, 0.3) is 0 Å². The van der Waals surface area contributed by atoms with Gasteiger partial charge in [-0.05, 0) is 42.8 Å². The molecule has 2 aromatic rings. The number of hydrogen-bond acceptors (Lipinski definition) is 4. The second kappa shape index (κ2) is 9.96. The Bertz CT molecular complexity index is 820. The summed E-state index contributed by atoms with van der Waals surface area (Å²) >= 11 is 0. The average Bonchev–Trinajstić information content (AvgIpc) is 2.60. The molecule has 0 aliphatic rings. The molecule has 0 atom stereocenters. The first kappa shape index (κ1) is 20.0. The molecule has 0 heterocycles. The van der Waals surface area contributed by atoms with E-state index in [2.05, 4.69) is 21.3 Å². The lowest BCUT2D eigenvalue weighted by Gasteiger charge is -2.11. The van der Waals surface area contributed by atoms with Crippen LogP contribution < -0.4 is 21.3 Å². The minimum absolute atomic E-state index is 0.0357. The van der Waals surface area contributed by atoms with Gasteiger partial charge in [-0.25, -0.2) is 0 Å². The molecule has 0 fully saturated rings. The van der Waals surface area contributed by atoms with Gasteiger partial charge >= 0.3 is 0 Å². The quantitative estimate of drug-likeness (QED) is 0.573. The van der Waals surface area contributed by atoms with Crippen LogP contribution in [0.25, 0.3) is 0 Å². The van der Waals surface area contributed by atoms with Gasteiger partial charge in [-0.3, -0.25) is 14.4 Å². The highest BCUT2D eigenvalue weighted by Gasteiger charge is 2.05. The summed E-state index contributed by atoms with van der Waals surface area (Å²) in [6.07, 6.45) is 1.25. The van der Waals surface area contributed by atoms with Crippen molar-refractivity contribution in [3.63, 3.8) is 0 Å². The first-order chi connectivity index (χ1) is 13.0. The molecule has 0 saturated carbocycles. The summed E-state index contributed by atoms with van der Waals surface area (Å²) in [5.74, 6) is -0.437. The van der Waals surface area contributed by atoms with Crippen LogP contribution in [0.3, 0.4) is 0 Å². The van der Waals surface area contributed by atoms with E-state index in [-0.39, 0.29) is 24.3 Å². The maximum absolute atomic E-state index is 12.1. The van der Waals surface area contributed by atoms with Gasteiger partial charge in [0.15, 0.2) is 0 Å². The molecule has 0 bridgehead atoms. The Morgan fingerprint density at radius 2 is 1.30 bits per heavy atom. The van der Waals surface area contributed by atoms with Crippen LogP contribution in [-0.2, 0) is 14.4 Å². The third-order valence-corrected chi connectivity index (χ3v) is 3.54. The molecule has 0 radical (unpaired) electrons. The van der Waals surface area contributed by atoms with Crippen molar-refractivity contribution < 1.29 is 14.4 Å². The minimum Gasteiger partial charge on any atom is -0.376 e. The molecule has 142 valence electrons. The molecule has 0 saturated heterocycles. The average molecular weight is 368 g/mol. The van der Waals surface area contributed by atoms with Crippen molar-refractivity contribution in [3.8, 4) is 0 Å². The van der Waals surface area contributed by atoms with E-state index in [1.54, 1.807) is 42.5 Å². The molecule has 2 rings (SSSR count). The van der Waals surface area contributed by atoms with Crippen LogP contribution in [0.5, 0.6) is 0 Å². The summed E-state index contributed by atoms with van der Waals surface area (Å²) in [6.45, 7) is 3.44. The molecule has 4 N–H and O–H groups in total. The highest BCUT2D eigenvalue weighted by atomic mass is 16.2. The summed E-state index contributed by atoms with van der Waals surface area (Å²) in [4.78, 5) is 34.9. The van der Waals surface area contributed by atoms with Crippen LogP contribution in [0.2, 0.25) is 0 Å². The first-order valence-electron chi connectivity index (χ1n) is 8.77. The molecule has 27 heavy (non-hydrogen) atoms. The largest absolute Gasteiger partial charge is 0.376 e. The number of anilines is 4. The Labute approximate surface area is 158 Å². The normalized spacial score (nSPS) is 10.0. The number of rotatable bonds is 8. The van der Waals surface area contributed by atoms with Crippen molar-refractivity contribution in [2.45, 2.75) is 26.7 Å². The summed E-state index contributed by atoms with van der Waals surface area (Å²) in [5.41, 5.74) is 2.62. The van der Waals surface area contributed by atoms with Crippen molar-refractivity contribution in [2.75, 3.05) is 27.8 Å². The number of carbonyl (C=O) groups is 3. The highest BCUT2D eigenvalue weighted by Crippen LogP contribution is 2.17. The van der Waals surface area contributed by atoms with E-state index in [0.717, 1.165) is 12.1 Å². The third-order valence-electron chi connectivity index (χ3n) is 3.54. The van der Waals surface area contributed by atoms with E-state index in [1.807, 2.05) is 13.0 Å². The number of hydrogen-bond donors (Lipinski definition) is 4. The second-order valence-electron chi connectivity index (χ2n) is 6.04. The maximum Gasteiger partial charge on any atom is 0.243 e. The van der Waals surface area contributed by atoms with Crippen LogP contribution in [0, 0.1) is 0 Å². The van der Waals surface area contributed by atoms with Gasteiger partial charge in [0.2, 0.25) is 17.7 Å². The summed E-state index contributed by atoms with van der Waals surface area (Å²) in [7, 11) is 0. The molecule has 0 aliphatic heterocycles. The Balaban J connectivity index is 1.88. The lowest BCUT2D eigenvalue weighted by Crippen LogP contribution is -2.22. The molecule has 2 aromatic carbocycles. The van der Waals surface area contributed by atoms with Gasteiger partial charge < -0.3 is 21.3 Å². The van der Waals surface area contributed by atoms with Crippen LogP contribution in [0.4, 0.5) is 22.7 Å². The van der Waals surface area contributed by atoms with E-state index in [9.17, 15) is 14.4 Å². The van der Waals surface area contributed by atoms with Gasteiger partial charge in [-0.15, -0.1) is 0 Å². The molecule has 3 amide bonds. The first-order valence-corrected chi connectivity index (χ1v) is 8.77. The van der Waals surface area contributed by atoms with Crippen molar-refractivity contribution in [2.24, 2.45) is 0 Å². The number of amides is 3. The van der Waals surface area contributed by atoms with Gasteiger partial charge in [0.05, 0.1) is 6.54 Å². The fourth-order valence-electron chi connectivity index (χ4n) is 2.42. The minimum atomic E-state index is -0.226. The number of nitrogens with one attached hydrogen (secondary N) is 4. The molecule has 0 unspecified atom stereocenters. The maximum atomic E-state index is 12.1. The summed E-state index contributed by atoms with van der Waals surface area (Å²) < 4.78 is 0. The van der Waals surface area contributed by atoms with Crippen molar-refractivity contribution >= 4 is 40.5 Å². The van der Waals surface area contributed by atoms with Crippen molar-refractivity contribution in [1.82, 2.24) is 0 Å². The fraction of sp³-hybridized carbons (Fsp3) is 0.250. The van der Waals surface area contributed by atoms with E-state index < -0.39 is 0 Å². The van der Waals surface area contributed by atoms with Crippen LogP contribution in [0.1, 0.15) is 26.7 Å². The Morgan fingerprint density at radius 3 is 1.89 bits per heavy atom. The standard InChI is InChI=1S/C20H24N4O3/c1-3-6-19(26)23-17-9-4-7-15(11-17)21-13-20(27)24-18-10-5-8-16(12-18)22-14(2)25/h4-5,7-12,21H,3,6,13H2,1-2H3,(H,22,25)(H,23,26)(H,24,27). The van der Waals surface area contributed by atoms with Gasteiger partial charge in [0, 0.05) is 36.1 Å². The monoisotopic (exact) mass is 368 g/mol.